The first-order chi connectivity index (χ1) is 12.8. The van der Waals surface area contributed by atoms with Crippen LogP contribution in [0.3, 0.4) is 0 Å². The highest BCUT2D eigenvalue weighted by Crippen LogP contribution is 2.18. The molecule has 0 unspecified atom stereocenters. The van der Waals surface area contributed by atoms with Crippen LogP contribution in [0.2, 0.25) is 0 Å². The molecule has 6 heteroatoms. The summed E-state index contributed by atoms with van der Waals surface area (Å²) in [5.41, 5.74) is 4.30. The summed E-state index contributed by atoms with van der Waals surface area (Å²) in [5, 5.41) is 5.70. The summed E-state index contributed by atoms with van der Waals surface area (Å²) < 4.78 is 0. The Morgan fingerprint density at radius 1 is 0.963 bits per heavy atom. The third kappa shape index (κ3) is 6.11. The van der Waals surface area contributed by atoms with E-state index in [0.717, 1.165) is 17.7 Å². The maximum absolute atomic E-state index is 12.3. The Morgan fingerprint density at radius 3 is 2.33 bits per heavy atom. The van der Waals surface area contributed by atoms with Crippen LogP contribution in [0.5, 0.6) is 0 Å². The summed E-state index contributed by atoms with van der Waals surface area (Å²) in [7, 11) is 7.45. The van der Waals surface area contributed by atoms with Gasteiger partial charge in [0.1, 0.15) is 0 Å². The summed E-state index contributed by atoms with van der Waals surface area (Å²) in [6.45, 7) is 3.18. The van der Waals surface area contributed by atoms with Crippen LogP contribution in [0.15, 0.2) is 42.5 Å². The first-order valence-corrected chi connectivity index (χ1v) is 8.86. The molecule has 0 aliphatic carbocycles. The fourth-order valence-electron chi connectivity index (χ4n) is 2.70. The van der Waals surface area contributed by atoms with E-state index in [1.807, 2.05) is 39.2 Å². The van der Waals surface area contributed by atoms with Crippen LogP contribution in [0.4, 0.5) is 10.5 Å². The van der Waals surface area contributed by atoms with Gasteiger partial charge in [0.2, 0.25) is 0 Å². The zero-order valence-corrected chi connectivity index (χ0v) is 16.7. The quantitative estimate of drug-likeness (QED) is 0.824. The van der Waals surface area contributed by atoms with Gasteiger partial charge in [-0.25, -0.2) is 4.79 Å². The van der Waals surface area contributed by atoms with E-state index in [2.05, 4.69) is 27.7 Å². The van der Waals surface area contributed by atoms with Crippen LogP contribution in [-0.4, -0.2) is 49.9 Å². The summed E-state index contributed by atoms with van der Waals surface area (Å²) in [6, 6.07) is 13.1. The summed E-state index contributed by atoms with van der Waals surface area (Å²) >= 11 is 0. The van der Waals surface area contributed by atoms with E-state index in [9.17, 15) is 9.59 Å². The Kier molecular flexibility index (Phi) is 6.96. The van der Waals surface area contributed by atoms with Crippen molar-refractivity contribution in [2.75, 3.05) is 33.5 Å². The molecular formula is C21H28N4O2. The van der Waals surface area contributed by atoms with Crippen molar-refractivity contribution >= 4 is 17.6 Å². The molecule has 144 valence electrons. The molecular weight excluding hydrogens is 340 g/mol. The minimum Gasteiger partial charge on any atom is -0.345 e. The summed E-state index contributed by atoms with van der Waals surface area (Å²) in [6.07, 6.45) is 0. The van der Waals surface area contributed by atoms with Crippen LogP contribution in [0, 0.1) is 6.92 Å². The number of amides is 3. The Morgan fingerprint density at radius 2 is 1.67 bits per heavy atom. The molecule has 0 fully saturated rings. The number of hydrogen-bond acceptors (Lipinski definition) is 3. The highest BCUT2D eigenvalue weighted by atomic mass is 16.2. The van der Waals surface area contributed by atoms with Crippen molar-refractivity contribution in [1.82, 2.24) is 15.1 Å². The average Bonchev–Trinajstić information content (AvgIpc) is 2.61. The van der Waals surface area contributed by atoms with E-state index in [0.29, 0.717) is 17.8 Å². The van der Waals surface area contributed by atoms with Crippen molar-refractivity contribution in [3.05, 3.63) is 64.7 Å². The second kappa shape index (κ2) is 9.19. The summed E-state index contributed by atoms with van der Waals surface area (Å²) in [4.78, 5) is 28.0. The largest absolute Gasteiger partial charge is 0.345 e. The number of nitrogens with zero attached hydrogens (tertiary/aromatic N) is 2. The van der Waals surface area contributed by atoms with Gasteiger partial charge in [0.25, 0.3) is 5.91 Å². The van der Waals surface area contributed by atoms with Crippen molar-refractivity contribution in [1.29, 1.82) is 0 Å². The van der Waals surface area contributed by atoms with E-state index in [1.165, 1.54) is 10.5 Å². The molecule has 2 rings (SSSR count). The molecule has 0 aliphatic rings. The van der Waals surface area contributed by atoms with Crippen molar-refractivity contribution < 1.29 is 9.59 Å². The van der Waals surface area contributed by atoms with Gasteiger partial charge in [-0.15, -0.1) is 0 Å². The smallest absolute Gasteiger partial charge is 0.319 e. The molecule has 0 aromatic heterocycles. The molecule has 0 atom stereocenters. The number of carbonyl (C=O) groups excluding carboxylic acids is 2. The van der Waals surface area contributed by atoms with E-state index in [1.54, 1.807) is 26.2 Å². The maximum Gasteiger partial charge on any atom is 0.319 e. The SMILES string of the molecule is Cc1ccc(C(=O)N(C)C)cc1NC(=O)NCc1cccc(CN(C)C)c1. The highest BCUT2D eigenvalue weighted by molar-refractivity contribution is 5.97. The van der Waals surface area contributed by atoms with Gasteiger partial charge in [0.05, 0.1) is 0 Å². The topological polar surface area (TPSA) is 64.7 Å². The predicted octanol–water partition coefficient (Wildman–Crippen LogP) is 3.08. The first-order valence-electron chi connectivity index (χ1n) is 8.86. The Hall–Kier alpha value is -2.86. The van der Waals surface area contributed by atoms with Gasteiger partial charge in [0.15, 0.2) is 0 Å². The number of carbonyl (C=O) groups is 2. The fourth-order valence-corrected chi connectivity index (χ4v) is 2.70. The molecule has 3 amide bonds. The lowest BCUT2D eigenvalue weighted by Gasteiger charge is -2.14. The van der Waals surface area contributed by atoms with E-state index < -0.39 is 0 Å². The minimum atomic E-state index is -0.300. The second-order valence-electron chi connectivity index (χ2n) is 7.09. The van der Waals surface area contributed by atoms with Gasteiger partial charge in [-0.05, 0) is 49.8 Å². The monoisotopic (exact) mass is 368 g/mol. The molecule has 0 radical (unpaired) electrons. The number of rotatable bonds is 6. The standard InChI is InChI=1S/C21H28N4O2/c1-15-9-10-18(20(26)25(4)5)12-19(15)23-21(27)22-13-16-7-6-8-17(11-16)14-24(2)3/h6-12H,13-14H2,1-5H3,(H2,22,23,27). The average molecular weight is 368 g/mol. The highest BCUT2D eigenvalue weighted by Gasteiger charge is 2.11. The van der Waals surface area contributed by atoms with E-state index in [4.69, 9.17) is 0 Å². The molecule has 2 aromatic carbocycles. The number of aryl methyl sites for hydroxylation is 1. The van der Waals surface area contributed by atoms with Crippen LogP contribution in [0.1, 0.15) is 27.0 Å². The molecule has 0 saturated heterocycles. The van der Waals surface area contributed by atoms with Gasteiger partial charge in [0, 0.05) is 38.4 Å². The number of nitrogens with one attached hydrogen (secondary N) is 2. The van der Waals surface area contributed by atoms with E-state index >= 15 is 0 Å². The van der Waals surface area contributed by atoms with E-state index in [-0.39, 0.29) is 11.9 Å². The third-order valence-electron chi connectivity index (χ3n) is 4.08. The number of benzene rings is 2. The summed E-state index contributed by atoms with van der Waals surface area (Å²) in [5.74, 6) is -0.101. The Balaban J connectivity index is 2.00. The van der Waals surface area contributed by atoms with Crippen LogP contribution < -0.4 is 10.6 Å². The van der Waals surface area contributed by atoms with Crippen LogP contribution in [0.25, 0.3) is 0 Å². The first kappa shape index (κ1) is 20.5. The Bertz CT molecular complexity index is 816. The van der Waals surface area contributed by atoms with Gasteiger partial charge < -0.3 is 20.4 Å². The van der Waals surface area contributed by atoms with Crippen molar-refractivity contribution in [3.8, 4) is 0 Å². The molecule has 0 bridgehead atoms. The molecule has 27 heavy (non-hydrogen) atoms. The molecule has 0 saturated carbocycles. The molecule has 2 N–H and O–H groups in total. The zero-order valence-electron chi connectivity index (χ0n) is 16.7. The lowest BCUT2D eigenvalue weighted by atomic mass is 10.1. The van der Waals surface area contributed by atoms with Crippen molar-refractivity contribution in [2.45, 2.75) is 20.0 Å². The van der Waals surface area contributed by atoms with Crippen molar-refractivity contribution in [2.24, 2.45) is 0 Å². The molecule has 0 heterocycles. The normalized spacial score (nSPS) is 10.6. The lowest BCUT2D eigenvalue weighted by Crippen LogP contribution is -2.29. The number of hydrogen-bond donors (Lipinski definition) is 2. The van der Waals surface area contributed by atoms with Crippen LogP contribution >= 0.6 is 0 Å². The number of urea groups is 1. The zero-order chi connectivity index (χ0) is 20.0. The van der Waals surface area contributed by atoms with Gasteiger partial charge in [-0.1, -0.05) is 30.3 Å². The van der Waals surface area contributed by atoms with Gasteiger partial charge in [-0.2, -0.15) is 0 Å². The van der Waals surface area contributed by atoms with Gasteiger partial charge in [-0.3, -0.25) is 4.79 Å². The van der Waals surface area contributed by atoms with Crippen molar-refractivity contribution in [3.63, 3.8) is 0 Å². The number of anilines is 1. The Labute approximate surface area is 161 Å². The second-order valence-corrected chi connectivity index (χ2v) is 7.09. The molecule has 0 aliphatic heterocycles. The van der Waals surface area contributed by atoms with Crippen LogP contribution in [-0.2, 0) is 13.1 Å². The molecule has 2 aromatic rings. The third-order valence-corrected chi connectivity index (χ3v) is 4.08. The predicted molar refractivity (Wildman–Crippen MR) is 109 cm³/mol. The molecule has 6 nitrogen and oxygen atoms in total. The lowest BCUT2D eigenvalue weighted by molar-refractivity contribution is 0.0827. The maximum atomic E-state index is 12.3. The molecule has 0 spiro atoms. The van der Waals surface area contributed by atoms with Gasteiger partial charge >= 0.3 is 6.03 Å². The fraction of sp³-hybridized carbons (Fsp3) is 0.333. The minimum absolute atomic E-state index is 0.101.